The van der Waals surface area contributed by atoms with Gasteiger partial charge in [-0.1, -0.05) is 23.7 Å². The molecule has 5 heteroatoms. The van der Waals surface area contributed by atoms with E-state index in [0.29, 0.717) is 0 Å². The molecule has 0 fully saturated rings. The van der Waals surface area contributed by atoms with Crippen molar-refractivity contribution in [2.75, 3.05) is 5.12 Å². The molecule has 64 valence electrons. The smallest absolute Gasteiger partial charge is 0.227 e. The van der Waals surface area contributed by atoms with Crippen molar-refractivity contribution in [3.8, 4) is 0 Å². The van der Waals surface area contributed by atoms with Crippen LogP contribution in [0.1, 0.15) is 0 Å². The molecular formula is C7H9ClN4. The van der Waals surface area contributed by atoms with Crippen molar-refractivity contribution in [3.63, 3.8) is 0 Å². The van der Waals surface area contributed by atoms with Gasteiger partial charge < -0.3 is 12.4 Å². The van der Waals surface area contributed by atoms with Crippen LogP contribution in [0.3, 0.4) is 0 Å². The zero-order valence-corrected chi connectivity index (χ0v) is 7.07. The van der Waals surface area contributed by atoms with Crippen LogP contribution in [0.15, 0.2) is 35.4 Å². The van der Waals surface area contributed by atoms with Gasteiger partial charge in [-0.25, -0.2) is 5.43 Å². The molecule has 0 saturated heterocycles. The maximum absolute atomic E-state index is 4.05. The fraction of sp³-hybridized carbons (Fsp3) is 0. The number of hydrogen-bond donors (Lipinski definition) is 2. The van der Waals surface area contributed by atoms with Gasteiger partial charge in [0.1, 0.15) is 0 Å². The molecule has 1 heterocycles. The van der Waals surface area contributed by atoms with Crippen LogP contribution < -0.4 is 28.5 Å². The molecular weight excluding hydrogens is 176 g/mol. The van der Waals surface area contributed by atoms with Crippen molar-refractivity contribution in [2.24, 2.45) is 5.10 Å². The minimum absolute atomic E-state index is 0. The van der Waals surface area contributed by atoms with E-state index in [-0.39, 0.29) is 12.4 Å². The lowest BCUT2D eigenvalue weighted by atomic mass is 10.3. The van der Waals surface area contributed by atoms with E-state index in [2.05, 4.69) is 10.6 Å². The minimum Gasteiger partial charge on any atom is -1.00 e. The summed E-state index contributed by atoms with van der Waals surface area (Å²) in [5.74, 6) is 0. The molecule has 0 amide bonds. The number of para-hydroxylation sites is 1. The van der Waals surface area contributed by atoms with Crippen LogP contribution in [0.4, 0.5) is 5.69 Å². The minimum atomic E-state index is 0. The molecule has 12 heavy (non-hydrogen) atoms. The zero-order valence-electron chi connectivity index (χ0n) is 6.31. The van der Waals surface area contributed by atoms with Gasteiger partial charge in [0.15, 0.2) is 0 Å². The van der Waals surface area contributed by atoms with Crippen molar-refractivity contribution in [2.45, 2.75) is 0 Å². The third-order valence-corrected chi connectivity index (χ3v) is 1.45. The zero-order chi connectivity index (χ0) is 7.52. The van der Waals surface area contributed by atoms with E-state index in [1.165, 1.54) is 0 Å². The Morgan fingerprint density at radius 1 is 1.25 bits per heavy atom. The van der Waals surface area contributed by atoms with E-state index in [1.54, 1.807) is 16.9 Å². The number of hydrazone groups is 1. The van der Waals surface area contributed by atoms with Crippen molar-refractivity contribution in [1.29, 1.82) is 0 Å². The van der Waals surface area contributed by atoms with Crippen LogP contribution in [-0.2, 0) is 0 Å². The van der Waals surface area contributed by atoms with Crippen LogP contribution in [0.25, 0.3) is 0 Å². The molecule has 4 nitrogen and oxygen atoms in total. The van der Waals surface area contributed by atoms with Gasteiger partial charge in [-0.2, -0.15) is 0 Å². The molecule has 0 aromatic heterocycles. The Morgan fingerprint density at radius 2 is 2.00 bits per heavy atom. The molecule has 0 spiro atoms. The molecule has 0 atom stereocenters. The Kier molecular flexibility index (Phi) is 3.04. The molecule has 0 bridgehead atoms. The second-order valence-electron chi connectivity index (χ2n) is 2.21. The summed E-state index contributed by atoms with van der Waals surface area (Å²) in [6.07, 6.45) is 1.72. The molecule has 1 aliphatic rings. The molecule has 0 aliphatic carbocycles. The summed E-state index contributed by atoms with van der Waals surface area (Å²) in [6, 6.07) is 9.91. The molecule has 1 aromatic rings. The van der Waals surface area contributed by atoms with Crippen LogP contribution in [-0.4, -0.2) is 6.34 Å². The lowest BCUT2D eigenvalue weighted by Crippen LogP contribution is -3.00. The Morgan fingerprint density at radius 3 is 2.58 bits per heavy atom. The monoisotopic (exact) mass is 184 g/mol. The molecule has 0 unspecified atom stereocenters. The van der Waals surface area contributed by atoms with E-state index in [0.717, 1.165) is 5.69 Å². The summed E-state index contributed by atoms with van der Waals surface area (Å²) < 4.78 is 0. The predicted molar refractivity (Wildman–Crippen MR) is 42.5 cm³/mol. The lowest BCUT2D eigenvalue weighted by Gasteiger charge is -2.08. The van der Waals surface area contributed by atoms with Gasteiger partial charge in [0, 0.05) is 0 Å². The van der Waals surface area contributed by atoms with E-state index in [4.69, 9.17) is 0 Å². The van der Waals surface area contributed by atoms with Gasteiger partial charge in [0.05, 0.1) is 5.69 Å². The average molecular weight is 185 g/mol. The van der Waals surface area contributed by atoms with E-state index in [9.17, 15) is 0 Å². The standard InChI is InChI=1S/C7H8N4.ClH/c1-2-4-7(5-3-1)11-9-6-8-10-11;/h1-6,10H,(H,8,9);1H. The first kappa shape index (κ1) is 8.99. The summed E-state index contributed by atoms with van der Waals surface area (Å²) >= 11 is 0. The first-order chi connectivity index (χ1) is 5.47. The highest BCUT2D eigenvalue weighted by Crippen LogP contribution is 2.09. The summed E-state index contributed by atoms with van der Waals surface area (Å²) in [5, 5.41) is 5.76. The first-order valence-electron chi connectivity index (χ1n) is 3.44. The normalized spacial score (nSPS) is 14.5. The van der Waals surface area contributed by atoms with Crippen molar-refractivity contribution in [1.82, 2.24) is 5.53 Å². The lowest BCUT2D eigenvalue weighted by molar-refractivity contribution is -0.587. The van der Waals surface area contributed by atoms with Crippen LogP contribution in [0.5, 0.6) is 0 Å². The van der Waals surface area contributed by atoms with Crippen molar-refractivity contribution >= 4 is 12.0 Å². The SMILES string of the molecule is C1=NN(c2ccccc2)N[NH2+]1.[Cl-]. The molecule has 2 rings (SSSR count). The predicted octanol–water partition coefficient (Wildman–Crippen LogP) is -3.56. The van der Waals surface area contributed by atoms with E-state index in [1.807, 2.05) is 30.3 Å². The fourth-order valence-corrected chi connectivity index (χ4v) is 0.948. The van der Waals surface area contributed by atoms with E-state index >= 15 is 0 Å². The maximum Gasteiger partial charge on any atom is 0.227 e. The van der Waals surface area contributed by atoms with Gasteiger partial charge in [-0.15, -0.1) is 10.2 Å². The summed E-state index contributed by atoms with van der Waals surface area (Å²) in [7, 11) is 0. The Labute approximate surface area is 76.6 Å². The average Bonchev–Trinajstić information content (AvgIpc) is 2.58. The summed E-state index contributed by atoms with van der Waals surface area (Å²) in [5.41, 5.74) is 5.78. The highest BCUT2D eigenvalue weighted by Gasteiger charge is 2.08. The quantitative estimate of drug-likeness (QED) is 0.444. The molecule has 3 N–H and O–H groups in total. The van der Waals surface area contributed by atoms with Crippen LogP contribution in [0.2, 0.25) is 0 Å². The number of hydrogen-bond acceptors (Lipinski definition) is 3. The highest BCUT2D eigenvalue weighted by molar-refractivity contribution is 5.51. The van der Waals surface area contributed by atoms with Gasteiger partial charge in [0.2, 0.25) is 6.34 Å². The first-order valence-corrected chi connectivity index (χ1v) is 3.44. The van der Waals surface area contributed by atoms with Gasteiger partial charge >= 0.3 is 0 Å². The fourth-order valence-electron chi connectivity index (χ4n) is 0.948. The number of benzene rings is 1. The second kappa shape index (κ2) is 4.06. The van der Waals surface area contributed by atoms with Gasteiger partial charge in [-0.3, -0.25) is 0 Å². The Bertz CT molecular complexity index is 261. The van der Waals surface area contributed by atoms with Crippen LogP contribution in [0, 0.1) is 0 Å². The number of quaternary nitrogens is 1. The third-order valence-electron chi connectivity index (χ3n) is 1.45. The molecule has 0 radical (unpaired) electrons. The van der Waals surface area contributed by atoms with E-state index < -0.39 is 0 Å². The number of nitrogens with zero attached hydrogens (tertiary/aromatic N) is 2. The number of anilines is 1. The molecule has 1 aliphatic heterocycles. The van der Waals surface area contributed by atoms with Gasteiger partial charge in [0.25, 0.3) is 0 Å². The summed E-state index contributed by atoms with van der Waals surface area (Å²) in [6.45, 7) is 0. The van der Waals surface area contributed by atoms with Crippen molar-refractivity contribution in [3.05, 3.63) is 30.3 Å². The van der Waals surface area contributed by atoms with Crippen LogP contribution >= 0.6 is 0 Å². The number of halogens is 1. The topological polar surface area (TPSA) is 44.2 Å². The Balaban J connectivity index is 0.000000720. The van der Waals surface area contributed by atoms with Crippen molar-refractivity contribution < 1.29 is 17.8 Å². The number of nitrogens with two attached hydrogens (primary N) is 1. The van der Waals surface area contributed by atoms with Gasteiger partial charge in [-0.05, 0) is 12.1 Å². The Hall–Kier alpha value is -1.10. The number of nitrogens with one attached hydrogen (secondary N) is 1. The number of hydrazine groups is 1. The second-order valence-corrected chi connectivity index (χ2v) is 2.21. The molecule has 1 aromatic carbocycles. The maximum atomic E-state index is 4.05. The molecule has 0 saturated carbocycles. The third kappa shape index (κ3) is 1.73. The highest BCUT2D eigenvalue weighted by atomic mass is 35.5. The summed E-state index contributed by atoms with van der Waals surface area (Å²) in [4.78, 5) is 0. The largest absolute Gasteiger partial charge is 1.00 e. The number of rotatable bonds is 1.